The van der Waals surface area contributed by atoms with Crippen LogP contribution in [-0.2, 0) is 27.8 Å². The van der Waals surface area contributed by atoms with Crippen molar-refractivity contribution < 1.29 is 13.2 Å². The number of nitrogens with one attached hydrogen (secondary N) is 1. The highest BCUT2D eigenvalue weighted by Gasteiger charge is 2.18. The van der Waals surface area contributed by atoms with Crippen LogP contribution in [0.5, 0.6) is 0 Å². The van der Waals surface area contributed by atoms with Crippen LogP contribution in [0.25, 0.3) is 0 Å². The molecule has 0 spiro atoms. The third-order valence-corrected chi connectivity index (χ3v) is 3.90. The SMILES string of the molecule is CNC(CS(C)(=O)=O)c1ccc2c(c1)COC2. The molecule has 0 aromatic heterocycles. The Morgan fingerprint density at radius 2 is 2.06 bits per heavy atom. The maximum absolute atomic E-state index is 11.3. The topological polar surface area (TPSA) is 55.4 Å². The van der Waals surface area contributed by atoms with Gasteiger partial charge in [-0.25, -0.2) is 8.42 Å². The van der Waals surface area contributed by atoms with E-state index >= 15 is 0 Å². The number of fused-ring (bicyclic) bond motifs is 1. The van der Waals surface area contributed by atoms with Gasteiger partial charge in [-0.05, 0) is 23.7 Å². The molecule has 1 unspecified atom stereocenters. The lowest BCUT2D eigenvalue weighted by atomic mass is 10.0. The minimum atomic E-state index is -2.99. The van der Waals surface area contributed by atoms with E-state index in [2.05, 4.69) is 5.32 Å². The Balaban J connectivity index is 2.25. The average molecular weight is 255 g/mol. The minimum absolute atomic E-state index is 0.114. The predicted octanol–water partition coefficient (Wildman–Crippen LogP) is 1.02. The summed E-state index contributed by atoms with van der Waals surface area (Å²) in [6.07, 6.45) is 1.26. The predicted molar refractivity (Wildman–Crippen MR) is 66.4 cm³/mol. The summed E-state index contributed by atoms with van der Waals surface area (Å²) in [5.74, 6) is 0.114. The molecule has 1 aromatic rings. The molecule has 1 aromatic carbocycles. The van der Waals surface area contributed by atoms with Crippen LogP contribution in [0.2, 0.25) is 0 Å². The smallest absolute Gasteiger partial charge is 0.149 e. The summed E-state index contributed by atoms with van der Waals surface area (Å²) in [7, 11) is -1.21. The van der Waals surface area contributed by atoms with Crippen LogP contribution < -0.4 is 5.32 Å². The number of rotatable bonds is 4. The first-order valence-electron chi connectivity index (χ1n) is 5.54. The Labute approximate surface area is 102 Å². The molecule has 0 aliphatic carbocycles. The quantitative estimate of drug-likeness (QED) is 0.873. The van der Waals surface area contributed by atoms with Crippen LogP contribution in [0.4, 0.5) is 0 Å². The molecule has 1 atom stereocenters. The highest BCUT2D eigenvalue weighted by molar-refractivity contribution is 7.90. The fourth-order valence-corrected chi connectivity index (χ4v) is 3.02. The third kappa shape index (κ3) is 3.06. The van der Waals surface area contributed by atoms with Crippen molar-refractivity contribution in [1.82, 2.24) is 5.32 Å². The second-order valence-electron chi connectivity index (χ2n) is 4.45. The van der Waals surface area contributed by atoms with Gasteiger partial charge in [-0.2, -0.15) is 0 Å². The molecule has 17 heavy (non-hydrogen) atoms. The lowest BCUT2D eigenvalue weighted by Crippen LogP contribution is -2.24. The van der Waals surface area contributed by atoms with Gasteiger partial charge < -0.3 is 10.1 Å². The first-order chi connectivity index (χ1) is 7.99. The van der Waals surface area contributed by atoms with Gasteiger partial charge in [0, 0.05) is 12.3 Å². The fraction of sp³-hybridized carbons (Fsp3) is 0.500. The van der Waals surface area contributed by atoms with Crippen molar-refractivity contribution in [2.24, 2.45) is 0 Å². The van der Waals surface area contributed by atoms with Gasteiger partial charge in [0.05, 0.1) is 19.0 Å². The van der Waals surface area contributed by atoms with E-state index in [4.69, 9.17) is 4.74 Å². The average Bonchev–Trinajstić information content (AvgIpc) is 2.71. The van der Waals surface area contributed by atoms with Gasteiger partial charge in [-0.3, -0.25) is 0 Å². The zero-order valence-corrected chi connectivity index (χ0v) is 10.9. The largest absolute Gasteiger partial charge is 0.372 e. The molecule has 0 amide bonds. The highest BCUT2D eigenvalue weighted by Crippen LogP contribution is 2.24. The Morgan fingerprint density at radius 1 is 1.35 bits per heavy atom. The third-order valence-electron chi connectivity index (χ3n) is 2.97. The van der Waals surface area contributed by atoms with E-state index in [1.54, 1.807) is 7.05 Å². The van der Waals surface area contributed by atoms with Crippen molar-refractivity contribution in [2.75, 3.05) is 19.1 Å². The summed E-state index contributed by atoms with van der Waals surface area (Å²) in [5, 5.41) is 3.05. The Hall–Kier alpha value is -0.910. The van der Waals surface area contributed by atoms with Crippen molar-refractivity contribution in [1.29, 1.82) is 0 Å². The molecule has 4 nitrogen and oxygen atoms in total. The zero-order valence-electron chi connectivity index (χ0n) is 10.1. The summed E-state index contributed by atoms with van der Waals surface area (Å²) in [6.45, 7) is 1.28. The number of ether oxygens (including phenoxy) is 1. The highest BCUT2D eigenvalue weighted by atomic mass is 32.2. The summed E-state index contributed by atoms with van der Waals surface area (Å²) in [5.41, 5.74) is 3.36. The van der Waals surface area contributed by atoms with Crippen LogP contribution in [0.15, 0.2) is 18.2 Å². The molecule has 94 valence electrons. The van der Waals surface area contributed by atoms with E-state index in [-0.39, 0.29) is 11.8 Å². The van der Waals surface area contributed by atoms with Gasteiger partial charge >= 0.3 is 0 Å². The van der Waals surface area contributed by atoms with Gasteiger partial charge in [-0.1, -0.05) is 18.2 Å². The first kappa shape index (κ1) is 12.5. The van der Waals surface area contributed by atoms with Gasteiger partial charge in [0.1, 0.15) is 9.84 Å². The first-order valence-corrected chi connectivity index (χ1v) is 7.60. The molecular weight excluding hydrogens is 238 g/mol. The van der Waals surface area contributed by atoms with Gasteiger partial charge in [0.25, 0.3) is 0 Å². The summed E-state index contributed by atoms with van der Waals surface area (Å²) >= 11 is 0. The normalized spacial score (nSPS) is 16.8. The van der Waals surface area contributed by atoms with Gasteiger partial charge in [-0.15, -0.1) is 0 Å². The van der Waals surface area contributed by atoms with Crippen molar-refractivity contribution in [3.63, 3.8) is 0 Å². The molecule has 1 N–H and O–H groups in total. The molecule has 0 saturated carbocycles. The van der Waals surface area contributed by atoms with Crippen molar-refractivity contribution >= 4 is 9.84 Å². The molecule has 1 heterocycles. The summed E-state index contributed by atoms with van der Waals surface area (Å²) < 4.78 is 28.0. The van der Waals surface area contributed by atoms with E-state index in [0.717, 1.165) is 11.1 Å². The maximum atomic E-state index is 11.3. The van der Waals surface area contributed by atoms with Crippen LogP contribution in [-0.4, -0.2) is 27.5 Å². The Morgan fingerprint density at radius 3 is 2.71 bits per heavy atom. The van der Waals surface area contributed by atoms with E-state index < -0.39 is 9.84 Å². The van der Waals surface area contributed by atoms with E-state index in [1.165, 1.54) is 11.8 Å². The zero-order chi connectivity index (χ0) is 12.5. The molecule has 5 heteroatoms. The fourth-order valence-electron chi connectivity index (χ4n) is 2.06. The molecular formula is C12H17NO3S. The molecule has 2 rings (SSSR count). The van der Waals surface area contributed by atoms with Gasteiger partial charge in [0.2, 0.25) is 0 Å². The maximum Gasteiger partial charge on any atom is 0.149 e. The molecule has 1 aliphatic rings. The lowest BCUT2D eigenvalue weighted by molar-refractivity contribution is 0.134. The van der Waals surface area contributed by atoms with Crippen LogP contribution >= 0.6 is 0 Å². The van der Waals surface area contributed by atoms with Crippen molar-refractivity contribution in [3.05, 3.63) is 34.9 Å². The lowest BCUT2D eigenvalue weighted by Gasteiger charge is -2.16. The molecule has 1 aliphatic heterocycles. The molecule has 0 bridgehead atoms. The van der Waals surface area contributed by atoms with Gasteiger partial charge in [0.15, 0.2) is 0 Å². The molecule has 0 saturated heterocycles. The minimum Gasteiger partial charge on any atom is -0.372 e. The second kappa shape index (κ2) is 4.76. The van der Waals surface area contributed by atoms with E-state index in [1.807, 2.05) is 18.2 Å². The summed E-state index contributed by atoms with van der Waals surface area (Å²) in [6, 6.07) is 5.87. The summed E-state index contributed by atoms with van der Waals surface area (Å²) in [4.78, 5) is 0. The van der Waals surface area contributed by atoms with Crippen molar-refractivity contribution in [3.8, 4) is 0 Å². The Bertz CT molecular complexity index is 510. The number of sulfone groups is 1. The van der Waals surface area contributed by atoms with Crippen LogP contribution in [0.3, 0.4) is 0 Å². The number of hydrogen-bond acceptors (Lipinski definition) is 4. The van der Waals surface area contributed by atoms with Crippen LogP contribution in [0.1, 0.15) is 22.7 Å². The number of benzene rings is 1. The second-order valence-corrected chi connectivity index (χ2v) is 6.64. The number of hydrogen-bond donors (Lipinski definition) is 1. The standard InChI is InChI=1S/C12H17NO3S/c1-13-12(8-17(2,14)15)9-3-4-10-6-16-7-11(10)5-9/h3-5,12-13H,6-8H2,1-2H3. The van der Waals surface area contributed by atoms with E-state index in [9.17, 15) is 8.42 Å². The van der Waals surface area contributed by atoms with Crippen LogP contribution in [0, 0.1) is 0 Å². The molecule has 0 fully saturated rings. The van der Waals surface area contributed by atoms with E-state index in [0.29, 0.717) is 13.2 Å². The monoisotopic (exact) mass is 255 g/mol. The molecule has 0 radical (unpaired) electrons. The Kier molecular flexibility index (Phi) is 3.51. The van der Waals surface area contributed by atoms with Crippen molar-refractivity contribution in [2.45, 2.75) is 19.3 Å².